The summed E-state index contributed by atoms with van der Waals surface area (Å²) < 4.78 is 5.47. The second-order valence-corrected chi connectivity index (χ2v) is 21.0. The fraction of sp³-hybridized carbons (Fsp3) is 0.934. The molecule has 6 heteroatoms. The minimum Gasteiger partial charge on any atom is -0.466 e. The van der Waals surface area contributed by atoms with Gasteiger partial charge in [-0.2, -0.15) is 0 Å². The highest BCUT2D eigenvalue weighted by Crippen LogP contribution is 2.18. The van der Waals surface area contributed by atoms with E-state index in [2.05, 4.69) is 31.3 Å². The molecule has 0 spiro atoms. The number of aliphatic hydroxyl groups excluding tert-OH is 2. The smallest absolute Gasteiger partial charge is 0.305 e. The maximum absolute atomic E-state index is 12.5. The van der Waals surface area contributed by atoms with E-state index in [0.29, 0.717) is 25.9 Å². The van der Waals surface area contributed by atoms with Crippen molar-refractivity contribution in [1.82, 2.24) is 5.32 Å². The largest absolute Gasteiger partial charge is 0.466 e. The molecular weight excluding hydrogens is 827 g/mol. The van der Waals surface area contributed by atoms with Gasteiger partial charge in [-0.1, -0.05) is 289 Å². The zero-order valence-electron chi connectivity index (χ0n) is 45.4. The Labute approximate surface area is 419 Å². The predicted octanol–water partition coefficient (Wildman–Crippen LogP) is 18.9. The summed E-state index contributed by atoms with van der Waals surface area (Å²) in [5.74, 6) is -0.0527. The number of hydrogen-bond acceptors (Lipinski definition) is 5. The number of unbranched alkanes of at least 4 members (excludes halogenated alkanes) is 44. The van der Waals surface area contributed by atoms with E-state index in [-0.39, 0.29) is 18.5 Å². The lowest BCUT2D eigenvalue weighted by atomic mass is 10.0. The zero-order chi connectivity index (χ0) is 48.6. The summed E-state index contributed by atoms with van der Waals surface area (Å²) >= 11 is 0. The van der Waals surface area contributed by atoms with Crippen LogP contribution in [0, 0.1) is 0 Å². The van der Waals surface area contributed by atoms with Crippen molar-refractivity contribution in [2.45, 2.75) is 353 Å². The van der Waals surface area contributed by atoms with Gasteiger partial charge in [0.2, 0.25) is 5.91 Å². The SMILES string of the molecule is CCCCCCCCCCCCCCCCCCCCCCC(O)C(CO)NC(=O)CCCCCCCCC/C=C\CCCCCCOC(=O)CCCCCCCCCCCCCCCCC. The summed E-state index contributed by atoms with van der Waals surface area (Å²) in [7, 11) is 0. The molecular formula is C61H119NO5. The first-order valence-corrected chi connectivity index (χ1v) is 30.4. The lowest BCUT2D eigenvalue weighted by Gasteiger charge is -2.22. The Bertz CT molecular complexity index is 1000. The molecule has 0 aromatic rings. The highest BCUT2D eigenvalue weighted by Gasteiger charge is 2.20. The molecule has 67 heavy (non-hydrogen) atoms. The first kappa shape index (κ1) is 65.6. The van der Waals surface area contributed by atoms with E-state index >= 15 is 0 Å². The molecule has 0 fully saturated rings. The van der Waals surface area contributed by atoms with Crippen LogP contribution >= 0.6 is 0 Å². The molecule has 3 N–H and O–H groups in total. The van der Waals surface area contributed by atoms with E-state index in [4.69, 9.17) is 4.74 Å². The van der Waals surface area contributed by atoms with Gasteiger partial charge >= 0.3 is 5.97 Å². The molecule has 0 heterocycles. The lowest BCUT2D eigenvalue weighted by molar-refractivity contribution is -0.143. The molecule has 6 nitrogen and oxygen atoms in total. The first-order valence-electron chi connectivity index (χ1n) is 30.4. The molecule has 0 rings (SSSR count). The molecule has 0 aliphatic rings. The number of carbonyl (C=O) groups excluding carboxylic acids is 2. The molecule has 1 amide bonds. The molecule has 398 valence electrons. The van der Waals surface area contributed by atoms with Crippen LogP contribution in [0.2, 0.25) is 0 Å². The van der Waals surface area contributed by atoms with Gasteiger partial charge in [-0.3, -0.25) is 9.59 Å². The first-order chi connectivity index (χ1) is 33.0. The van der Waals surface area contributed by atoms with E-state index in [9.17, 15) is 19.8 Å². The monoisotopic (exact) mass is 946 g/mol. The van der Waals surface area contributed by atoms with Crippen molar-refractivity contribution in [2.24, 2.45) is 0 Å². The Kier molecular flexibility index (Phi) is 56.0. The lowest BCUT2D eigenvalue weighted by Crippen LogP contribution is -2.45. The second-order valence-electron chi connectivity index (χ2n) is 21.0. The molecule has 2 atom stereocenters. The molecule has 0 aliphatic carbocycles. The maximum Gasteiger partial charge on any atom is 0.305 e. The third-order valence-corrected chi connectivity index (χ3v) is 14.3. The Hall–Kier alpha value is -1.40. The number of rotatable bonds is 57. The van der Waals surface area contributed by atoms with Crippen LogP contribution in [-0.2, 0) is 14.3 Å². The van der Waals surface area contributed by atoms with E-state index in [1.165, 1.54) is 238 Å². The summed E-state index contributed by atoms with van der Waals surface area (Å²) in [6, 6.07) is -0.553. The van der Waals surface area contributed by atoms with Crippen LogP contribution < -0.4 is 5.32 Å². The molecule has 0 aliphatic heterocycles. The van der Waals surface area contributed by atoms with Gasteiger partial charge in [-0.25, -0.2) is 0 Å². The Morgan fingerprint density at radius 3 is 1.06 bits per heavy atom. The molecule has 0 saturated heterocycles. The van der Waals surface area contributed by atoms with Crippen LogP contribution in [0.1, 0.15) is 341 Å². The maximum atomic E-state index is 12.5. The van der Waals surface area contributed by atoms with Crippen molar-refractivity contribution in [2.75, 3.05) is 13.2 Å². The van der Waals surface area contributed by atoms with Gasteiger partial charge in [0, 0.05) is 12.8 Å². The number of hydrogen-bond donors (Lipinski definition) is 3. The van der Waals surface area contributed by atoms with Gasteiger partial charge in [0.05, 0.1) is 25.4 Å². The molecule has 2 unspecified atom stereocenters. The fourth-order valence-electron chi connectivity index (χ4n) is 9.64. The van der Waals surface area contributed by atoms with Crippen molar-refractivity contribution < 1.29 is 24.5 Å². The number of ether oxygens (including phenoxy) is 1. The van der Waals surface area contributed by atoms with Crippen LogP contribution in [0.15, 0.2) is 12.2 Å². The third kappa shape index (κ3) is 53.8. The van der Waals surface area contributed by atoms with E-state index in [1.54, 1.807) is 0 Å². The summed E-state index contributed by atoms with van der Waals surface area (Å²) in [6.45, 7) is 4.95. The van der Waals surface area contributed by atoms with E-state index in [1.807, 2.05) is 0 Å². The summed E-state index contributed by atoms with van der Waals surface area (Å²) in [6.07, 6.45) is 67.8. The highest BCUT2D eigenvalue weighted by molar-refractivity contribution is 5.76. The van der Waals surface area contributed by atoms with Gasteiger partial charge < -0.3 is 20.3 Å². The van der Waals surface area contributed by atoms with Crippen LogP contribution in [0.5, 0.6) is 0 Å². The number of nitrogens with one attached hydrogen (secondary N) is 1. The van der Waals surface area contributed by atoms with Crippen LogP contribution in [-0.4, -0.2) is 47.4 Å². The van der Waals surface area contributed by atoms with Gasteiger partial charge in [0.1, 0.15) is 0 Å². The van der Waals surface area contributed by atoms with Crippen LogP contribution in [0.3, 0.4) is 0 Å². The standard InChI is InChI=1S/C61H119NO5/c1-3-5-7-9-11-13-15-17-19-20-21-22-23-26-29-33-37-41-45-49-53-59(64)58(57-63)62-60(65)54-50-46-42-38-34-30-27-24-28-32-36-40-44-48-52-56-67-61(66)55-51-47-43-39-35-31-25-18-16-14-12-10-8-6-4-2/h28,32,58-59,63-64H,3-27,29-31,33-57H2,1-2H3,(H,62,65)/b32-28-. The molecule has 0 aromatic carbocycles. The molecule has 0 aromatic heterocycles. The summed E-state index contributed by atoms with van der Waals surface area (Å²) in [4.78, 5) is 24.6. The van der Waals surface area contributed by atoms with Gasteiger partial charge in [0.15, 0.2) is 0 Å². The Morgan fingerprint density at radius 2 is 0.701 bits per heavy atom. The van der Waals surface area contributed by atoms with Crippen LogP contribution in [0.25, 0.3) is 0 Å². The van der Waals surface area contributed by atoms with Gasteiger partial charge in [-0.15, -0.1) is 0 Å². The predicted molar refractivity (Wildman–Crippen MR) is 292 cm³/mol. The molecule has 0 radical (unpaired) electrons. The summed E-state index contributed by atoms with van der Waals surface area (Å²) in [5, 5.41) is 23.3. The minimum absolute atomic E-state index is 0.00617. The number of carbonyl (C=O) groups is 2. The topological polar surface area (TPSA) is 95.9 Å². The average Bonchev–Trinajstić information content (AvgIpc) is 3.33. The van der Waals surface area contributed by atoms with Gasteiger partial charge in [-0.05, 0) is 51.4 Å². The van der Waals surface area contributed by atoms with E-state index < -0.39 is 12.1 Å². The van der Waals surface area contributed by atoms with E-state index in [0.717, 1.165) is 70.6 Å². The zero-order valence-corrected chi connectivity index (χ0v) is 45.4. The quantitative estimate of drug-likeness (QED) is 0.0321. The number of aliphatic hydroxyl groups is 2. The van der Waals surface area contributed by atoms with Crippen molar-refractivity contribution >= 4 is 11.9 Å². The minimum atomic E-state index is -0.674. The molecule has 0 bridgehead atoms. The van der Waals surface area contributed by atoms with Crippen LogP contribution in [0.4, 0.5) is 0 Å². The summed E-state index contributed by atoms with van der Waals surface area (Å²) in [5.41, 5.74) is 0. The van der Waals surface area contributed by atoms with Crippen molar-refractivity contribution in [1.29, 1.82) is 0 Å². The Morgan fingerprint density at radius 1 is 0.403 bits per heavy atom. The highest BCUT2D eigenvalue weighted by atomic mass is 16.5. The number of allylic oxidation sites excluding steroid dienone is 2. The van der Waals surface area contributed by atoms with Crippen molar-refractivity contribution in [3.8, 4) is 0 Å². The fourth-order valence-corrected chi connectivity index (χ4v) is 9.64. The average molecular weight is 947 g/mol. The third-order valence-electron chi connectivity index (χ3n) is 14.3. The Balaban J connectivity index is 3.45. The van der Waals surface area contributed by atoms with Crippen molar-refractivity contribution in [3.63, 3.8) is 0 Å². The second kappa shape index (κ2) is 57.2. The van der Waals surface area contributed by atoms with Gasteiger partial charge in [0.25, 0.3) is 0 Å². The number of esters is 1. The van der Waals surface area contributed by atoms with Crippen molar-refractivity contribution in [3.05, 3.63) is 12.2 Å². The number of amides is 1. The normalized spacial score (nSPS) is 12.6. The molecule has 0 saturated carbocycles.